The van der Waals surface area contributed by atoms with E-state index in [1.807, 2.05) is 13.0 Å². The van der Waals surface area contributed by atoms with Gasteiger partial charge in [0.2, 0.25) is 0 Å². The summed E-state index contributed by atoms with van der Waals surface area (Å²) in [6.07, 6.45) is 0. The van der Waals surface area contributed by atoms with Gasteiger partial charge in [0.05, 0.1) is 0 Å². The Morgan fingerprint density at radius 2 is 0.575 bits per heavy atom. The van der Waals surface area contributed by atoms with E-state index >= 15 is 0 Å². The van der Waals surface area contributed by atoms with E-state index in [-0.39, 0.29) is 28.6 Å². The Bertz CT molecular complexity index is 2980. The summed E-state index contributed by atoms with van der Waals surface area (Å²) in [6.45, 7) is 14.3. The Kier molecular flexibility index (Phi) is 31.5. The Hall–Kier alpha value is -8.21. The molecule has 0 N–H and O–H groups in total. The fraction of sp³-hybridized carbons (Fsp3) is 0.143. The largest absolute Gasteiger partial charge is 0.207 e. The minimum absolute atomic E-state index is 0.0810. The lowest BCUT2D eigenvalue weighted by atomic mass is 10.2. The zero-order valence-corrected chi connectivity index (χ0v) is 44.6. The number of rotatable bonds is 0. The van der Waals surface area contributed by atoms with Crippen molar-refractivity contribution in [3.8, 4) is 0 Å². The van der Waals surface area contributed by atoms with Gasteiger partial charge in [-0.15, -0.1) is 0 Å². The molecule has 0 nitrogen and oxygen atoms in total. The SMILES string of the molecule is Cc1c(F)cc(F)cc1F.Cc1c(F)cccc1F.Cc1cc(F)cc(F)c1.Cc1cc(F)ccc1F.Cc1ccc(F)c(F)c1.Cc1ccc(F)cc1.Cc1ccc(F)cc1F.Cc1cccc(F)c1F.Cc1ccccc1F. The average molecular weight is 1140 g/mol. The topological polar surface area (TPSA) is 0 Å². The molecular weight excluding hydrogens is 1080 g/mol. The summed E-state index contributed by atoms with van der Waals surface area (Å²) in [5.74, 6) is -9.80. The highest BCUT2D eigenvalue weighted by molar-refractivity contribution is 5.22. The maximum Gasteiger partial charge on any atom is 0.161 e. The van der Waals surface area contributed by atoms with Crippen molar-refractivity contribution >= 4 is 0 Å². The lowest BCUT2D eigenvalue weighted by Crippen LogP contribution is -1.89. The highest BCUT2D eigenvalue weighted by Gasteiger charge is 2.06. The predicted molar refractivity (Wildman–Crippen MR) is 280 cm³/mol. The first kappa shape index (κ1) is 69.8. The lowest BCUT2D eigenvalue weighted by molar-refractivity contribution is 0.503. The maximum absolute atomic E-state index is 12.4. The summed E-state index contributed by atoms with van der Waals surface area (Å²) in [5, 5.41) is 0. The second-order valence-electron chi connectivity index (χ2n) is 16.9. The van der Waals surface area contributed by atoms with Gasteiger partial charge in [0.15, 0.2) is 23.3 Å². The predicted octanol–water partition coefficient (Wildman–Crippen LogP) is 20.3. The molecule has 426 valence electrons. The van der Waals surface area contributed by atoms with Gasteiger partial charge in [-0.3, -0.25) is 0 Å². The number of hydrogen-bond donors (Lipinski definition) is 0. The van der Waals surface area contributed by atoms with Crippen LogP contribution in [-0.4, -0.2) is 0 Å². The molecule has 0 aliphatic carbocycles. The van der Waals surface area contributed by atoms with E-state index in [0.717, 1.165) is 59.7 Å². The first-order valence-electron chi connectivity index (χ1n) is 23.5. The Morgan fingerprint density at radius 3 is 0.975 bits per heavy atom. The maximum atomic E-state index is 12.4. The molecule has 0 amide bonds. The fourth-order valence-electron chi connectivity index (χ4n) is 5.36. The molecule has 0 saturated heterocycles. The van der Waals surface area contributed by atoms with Gasteiger partial charge >= 0.3 is 0 Å². The number of halogens is 17. The number of hydrogen-bond acceptors (Lipinski definition) is 0. The van der Waals surface area contributed by atoms with Gasteiger partial charge in [0.1, 0.15) is 75.6 Å². The van der Waals surface area contributed by atoms with Crippen LogP contribution in [0.5, 0.6) is 0 Å². The van der Waals surface area contributed by atoms with Gasteiger partial charge in [-0.25, -0.2) is 74.6 Å². The summed E-state index contributed by atoms with van der Waals surface area (Å²) in [6, 6.07) is 36.4. The van der Waals surface area contributed by atoms with Crippen molar-refractivity contribution in [3.63, 3.8) is 0 Å². The zero-order valence-electron chi connectivity index (χ0n) is 44.6. The summed E-state index contributed by atoms with van der Waals surface area (Å²) < 4.78 is 208. The molecule has 0 aliphatic rings. The van der Waals surface area contributed by atoms with E-state index in [1.54, 1.807) is 52.0 Å². The Morgan fingerprint density at radius 1 is 0.188 bits per heavy atom. The minimum Gasteiger partial charge on any atom is -0.207 e. The van der Waals surface area contributed by atoms with Crippen LogP contribution in [0.2, 0.25) is 0 Å². The fourth-order valence-corrected chi connectivity index (χ4v) is 5.36. The van der Waals surface area contributed by atoms with Crippen molar-refractivity contribution < 1.29 is 74.6 Å². The zero-order chi connectivity index (χ0) is 60.8. The van der Waals surface area contributed by atoms with Crippen LogP contribution in [0.3, 0.4) is 0 Å². The molecular formula is C63H55F17. The molecule has 0 fully saturated rings. The minimum atomic E-state index is -0.888. The molecule has 0 spiro atoms. The molecule has 9 aromatic rings. The van der Waals surface area contributed by atoms with Gasteiger partial charge in [-0.05, 0) is 181 Å². The quantitative estimate of drug-likeness (QED) is 0.133. The van der Waals surface area contributed by atoms with E-state index in [9.17, 15) is 74.6 Å². The second kappa shape index (κ2) is 36.1. The van der Waals surface area contributed by atoms with Crippen molar-refractivity contribution in [2.45, 2.75) is 62.3 Å². The van der Waals surface area contributed by atoms with E-state index in [1.165, 1.54) is 107 Å². The highest BCUT2D eigenvalue weighted by Crippen LogP contribution is 2.14. The lowest BCUT2D eigenvalue weighted by Gasteiger charge is -1.96. The molecule has 0 aliphatic heterocycles. The monoisotopic (exact) mass is 1130 g/mol. The first-order valence-corrected chi connectivity index (χ1v) is 23.5. The second-order valence-corrected chi connectivity index (χ2v) is 16.9. The van der Waals surface area contributed by atoms with Gasteiger partial charge < -0.3 is 0 Å². The molecule has 17 heteroatoms. The standard InChI is InChI=1S/C7H5F3.6C7H6F2.2C7H7F/c1-4-6(9)2-5(8)3-7(4)10;1-5-2-6(8)4-7(9)3-5;1-5-4-6(8)2-3-7(5)9;1-5-2-3-6(8)4-7(5)9;1-5-2-3-6(8)7(9)4-5;1-5-6(8)3-2-4-7(5)9;1-5-3-2-4-6(8)7(5)9;1-6-2-4-7(8)5-3-6;1-6-4-2-3-5-7(6)8/h2-3H,1H3;6*2-4H,1H3;2*2-5H,1H3. The van der Waals surface area contributed by atoms with Crippen LogP contribution >= 0.6 is 0 Å². The van der Waals surface area contributed by atoms with E-state index in [2.05, 4.69) is 0 Å². The Labute approximate surface area is 454 Å². The molecule has 9 aromatic carbocycles. The third-order valence-corrected chi connectivity index (χ3v) is 10.0. The third kappa shape index (κ3) is 28.4. The molecule has 0 atom stereocenters. The van der Waals surface area contributed by atoms with Crippen LogP contribution in [0.25, 0.3) is 0 Å². The molecule has 0 bridgehead atoms. The molecule has 0 unspecified atom stereocenters. The van der Waals surface area contributed by atoms with Crippen molar-refractivity contribution in [2.75, 3.05) is 0 Å². The van der Waals surface area contributed by atoms with Crippen LogP contribution in [0.4, 0.5) is 74.6 Å². The van der Waals surface area contributed by atoms with Crippen LogP contribution in [0.1, 0.15) is 50.1 Å². The van der Waals surface area contributed by atoms with Crippen molar-refractivity contribution in [1.29, 1.82) is 0 Å². The average Bonchev–Trinajstić information content (AvgIpc) is 3.38. The van der Waals surface area contributed by atoms with Gasteiger partial charge in [0, 0.05) is 35.4 Å². The van der Waals surface area contributed by atoms with E-state index < -0.39 is 81.4 Å². The molecule has 0 radical (unpaired) electrons. The van der Waals surface area contributed by atoms with Crippen LogP contribution < -0.4 is 0 Å². The van der Waals surface area contributed by atoms with Crippen molar-refractivity contribution in [2.24, 2.45) is 0 Å². The van der Waals surface area contributed by atoms with Crippen LogP contribution in [-0.2, 0) is 0 Å². The molecule has 0 heterocycles. The van der Waals surface area contributed by atoms with Crippen LogP contribution in [0, 0.1) is 161 Å². The highest BCUT2D eigenvalue weighted by atomic mass is 19.2. The summed E-state index contributed by atoms with van der Waals surface area (Å²) in [4.78, 5) is 0. The smallest absolute Gasteiger partial charge is 0.161 e. The van der Waals surface area contributed by atoms with Crippen molar-refractivity contribution in [3.05, 3.63) is 319 Å². The molecule has 9 rings (SSSR count). The van der Waals surface area contributed by atoms with Crippen LogP contribution in [0.15, 0.2) is 170 Å². The summed E-state index contributed by atoms with van der Waals surface area (Å²) in [5.41, 5.74) is 4.21. The van der Waals surface area contributed by atoms with Crippen molar-refractivity contribution in [1.82, 2.24) is 0 Å². The van der Waals surface area contributed by atoms with Gasteiger partial charge in [-0.1, -0.05) is 66.2 Å². The number of benzene rings is 9. The molecule has 0 saturated carbocycles. The summed E-state index contributed by atoms with van der Waals surface area (Å²) >= 11 is 0. The molecule has 0 aromatic heterocycles. The Balaban J connectivity index is 0.000000450. The van der Waals surface area contributed by atoms with E-state index in [0.29, 0.717) is 39.9 Å². The molecule has 80 heavy (non-hydrogen) atoms. The third-order valence-electron chi connectivity index (χ3n) is 10.0. The van der Waals surface area contributed by atoms with Gasteiger partial charge in [0.25, 0.3) is 0 Å². The normalized spacial score (nSPS) is 9.62. The number of aryl methyl sites for hydroxylation is 7. The van der Waals surface area contributed by atoms with Gasteiger partial charge in [-0.2, -0.15) is 0 Å². The van der Waals surface area contributed by atoms with E-state index in [4.69, 9.17) is 0 Å². The summed E-state index contributed by atoms with van der Waals surface area (Å²) in [7, 11) is 0. The first-order chi connectivity index (χ1) is 37.4.